The molecule has 0 bridgehead atoms. The topological polar surface area (TPSA) is 0 Å². The van der Waals surface area contributed by atoms with Gasteiger partial charge in [-0.3, -0.25) is 0 Å². The largest absolute Gasteiger partial charge is 0.0977 e. The number of hydrogen-bond acceptors (Lipinski definition) is 0. The Morgan fingerprint density at radius 2 is 2.00 bits per heavy atom. The van der Waals surface area contributed by atoms with Gasteiger partial charge in [0.25, 0.3) is 0 Å². The van der Waals surface area contributed by atoms with Gasteiger partial charge < -0.3 is 0 Å². The van der Waals surface area contributed by atoms with Crippen molar-refractivity contribution in [3.8, 4) is 11.8 Å². The number of hydrogen-bond donors (Lipinski definition) is 0. The normalized spacial score (nSPS) is 8.83. The van der Waals surface area contributed by atoms with E-state index < -0.39 is 0 Å². The summed E-state index contributed by atoms with van der Waals surface area (Å²) in [6.45, 7) is 2.13. The molecule has 0 N–H and O–H groups in total. The van der Waals surface area contributed by atoms with Crippen molar-refractivity contribution in [1.82, 2.24) is 0 Å². The van der Waals surface area contributed by atoms with E-state index in [0.29, 0.717) is 0 Å². The molecule has 0 saturated heterocycles. The molecule has 0 nitrogen and oxygen atoms in total. The molecule has 1 aromatic carbocycles. The number of alkyl halides is 1. The second-order valence-electron chi connectivity index (χ2n) is 2.59. The van der Waals surface area contributed by atoms with Gasteiger partial charge in [-0.25, -0.2) is 0 Å². The molecule has 62 valence electrons. The summed E-state index contributed by atoms with van der Waals surface area (Å²) in [5.41, 5.74) is 2.68. The van der Waals surface area contributed by atoms with E-state index in [1.807, 2.05) is 0 Å². The molecule has 0 unspecified atom stereocenters. The first-order valence-electron chi connectivity index (χ1n) is 3.91. The molecule has 0 heterocycles. The van der Waals surface area contributed by atoms with Gasteiger partial charge in [0.05, 0.1) is 4.43 Å². The predicted octanol–water partition coefficient (Wildman–Crippen LogP) is 2.98. The highest BCUT2D eigenvalue weighted by Gasteiger charge is 1.91. The number of benzene rings is 1. The molecule has 0 radical (unpaired) electrons. The Balaban J connectivity index is 2.69. The predicted molar refractivity (Wildman–Crippen MR) is 61.5 cm³/mol. The minimum absolute atomic E-state index is 0.885. The zero-order valence-electron chi connectivity index (χ0n) is 7.10. The summed E-state index contributed by atoms with van der Waals surface area (Å²) in [6, 6.07) is 8.39. The molecule has 0 aliphatic heterocycles. The molecule has 0 saturated carbocycles. The molecule has 0 fully saturated rings. The molecule has 1 heteroatoms. The third kappa shape index (κ3) is 2.86. The molecule has 0 aliphatic carbocycles. The van der Waals surface area contributed by atoms with Gasteiger partial charge in [0.1, 0.15) is 0 Å². The van der Waals surface area contributed by atoms with Gasteiger partial charge in [-0.05, 0) is 18.1 Å². The van der Waals surface area contributed by atoms with E-state index >= 15 is 0 Å². The minimum atomic E-state index is 0.885. The first kappa shape index (κ1) is 9.60. The van der Waals surface area contributed by atoms with Gasteiger partial charge >= 0.3 is 0 Å². The number of halogens is 1. The highest BCUT2D eigenvalue weighted by Crippen LogP contribution is 2.06. The van der Waals surface area contributed by atoms with E-state index in [2.05, 4.69) is 65.6 Å². The fourth-order valence-corrected chi connectivity index (χ4v) is 1.28. The lowest BCUT2D eigenvalue weighted by atomic mass is 10.1. The van der Waals surface area contributed by atoms with Crippen LogP contribution < -0.4 is 0 Å². The highest BCUT2D eigenvalue weighted by atomic mass is 127. The van der Waals surface area contributed by atoms with Gasteiger partial charge in [-0.2, -0.15) is 0 Å². The molecule has 0 aliphatic rings. The zero-order chi connectivity index (χ0) is 8.81. The van der Waals surface area contributed by atoms with Gasteiger partial charge in [0.15, 0.2) is 0 Å². The molecule has 1 rings (SSSR count). The number of aryl methyl sites for hydroxylation is 1. The van der Waals surface area contributed by atoms with E-state index in [-0.39, 0.29) is 0 Å². The summed E-state index contributed by atoms with van der Waals surface area (Å²) in [4.78, 5) is 0. The van der Waals surface area contributed by atoms with Gasteiger partial charge in [-0.1, -0.05) is 58.7 Å². The van der Waals surface area contributed by atoms with E-state index in [1.165, 1.54) is 11.1 Å². The van der Waals surface area contributed by atoms with Crippen LogP contribution in [0.2, 0.25) is 0 Å². The van der Waals surface area contributed by atoms with Crippen molar-refractivity contribution in [3.63, 3.8) is 0 Å². The van der Waals surface area contributed by atoms with E-state index in [4.69, 9.17) is 0 Å². The van der Waals surface area contributed by atoms with Crippen molar-refractivity contribution in [1.29, 1.82) is 0 Å². The minimum Gasteiger partial charge on any atom is -0.0977 e. The van der Waals surface area contributed by atoms with Gasteiger partial charge in [-0.15, -0.1) is 0 Å². The average Bonchev–Trinajstić information content (AvgIpc) is 2.09. The van der Waals surface area contributed by atoms with Crippen molar-refractivity contribution in [2.45, 2.75) is 13.3 Å². The standard InChI is InChI=1S/C11H11I/c1-10-6-2-3-7-11(10)8-4-5-9-12/h2-3,6-7H,8-9H2,1H3. The van der Waals surface area contributed by atoms with Crippen LogP contribution in [-0.2, 0) is 6.42 Å². The van der Waals surface area contributed by atoms with Crippen molar-refractivity contribution in [2.24, 2.45) is 0 Å². The Kier molecular flexibility index (Phi) is 4.16. The Hall–Kier alpha value is -0.490. The summed E-state index contributed by atoms with van der Waals surface area (Å²) in [6.07, 6.45) is 0.885. The second-order valence-corrected chi connectivity index (χ2v) is 3.35. The van der Waals surface area contributed by atoms with E-state index in [1.54, 1.807) is 0 Å². The van der Waals surface area contributed by atoms with Crippen LogP contribution in [0.25, 0.3) is 0 Å². The molecule has 0 atom stereocenters. The second kappa shape index (κ2) is 5.21. The molecular weight excluding hydrogens is 259 g/mol. The monoisotopic (exact) mass is 270 g/mol. The highest BCUT2D eigenvalue weighted by molar-refractivity contribution is 14.1. The van der Waals surface area contributed by atoms with Crippen molar-refractivity contribution >= 4 is 22.6 Å². The number of rotatable bonds is 1. The van der Waals surface area contributed by atoms with Crippen molar-refractivity contribution < 1.29 is 0 Å². The quantitative estimate of drug-likeness (QED) is 0.418. The SMILES string of the molecule is Cc1ccccc1CC#CCI. The molecule has 1 aromatic rings. The maximum Gasteiger partial charge on any atom is 0.0609 e. The summed E-state index contributed by atoms with van der Waals surface area (Å²) < 4.78 is 0.920. The lowest BCUT2D eigenvalue weighted by molar-refractivity contribution is 1.25. The van der Waals surface area contributed by atoms with Crippen LogP contribution in [0.5, 0.6) is 0 Å². The first-order chi connectivity index (χ1) is 5.84. The molecule has 0 aromatic heterocycles. The maximum absolute atomic E-state index is 3.13. The Morgan fingerprint density at radius 3 is 2.67 bits per heavy atom. The van der Waals surface area contributed by atoms with Crippen LogP contribution in [0.4, 0.5) is 0 Å². The zero-order valence-corrected chi connectivity index (χ0v) is 9.26. The average molecular weight is 270 g/mol. The lowest BCUT2D eigenvalue weighted by Crippen LogP contribution is -1.85. The van der Waals surface area contributed by atoms with Crippen LogP contribution in [0.15, 0.2) is 24.3 Å². The summed E-state index contributed by atoms with van der Waals surface area (Å²) in [5, 5.41) is 0. The Labute approximate surface area is 87.5 Å². The summed E-state index contributed by atoms with van der Waals surface area (Å²) >= 11 is 2.27. The van der Waals surface area contributed by atoms with Crippen LogP contribution in [0.3, 0.4) is 0 Å². The van der Waals surface area contributed by atoms with Crippen LogP contribution in [-0.4, -0.2) is 4.43 Å². The third-order valence-corrected chi connectivity index (χ3v) is 2.11. The van der Waals surface area contributed by atoms with E-state index in [0.717, 1.165) is 10.8 Å². The van der Waals surface area contributed by atoms with E-state index in [9.17, 15) is 0 Å². The van der Waals surface area contributed by atoms with Crippen molar-refractivity contribution in [3.05, 3.63) is 35.4 Å². The smallest absolute Gasteiger partial charge is 0.0609 e. The lowest BCUT2D eigenvalue weighted by Gasteiger charge is -1.98. The molecular formula is C11H11I. The van der Waals surface area contributed by atoms with Crippen LogP contribution in [0, 0.1) is 18.8 Å². The molecule has 12 heavy (non-hydrogen) atoms. The molecule has 0 spiro atoms. The summed E-state index contributed by atoms with van der Waals surface area (Å²) in [7, 11) is 0. The van der Waals surface area contributed by atoms with Gasteiger partial charge in [0.2, 0.25) is 0 Å². The maximum atomic E-state index is 3.13. The van der Waals surface area contributed by atoms with Crippen LogP contribution >= 0.6 is 22.6 Å². The summed E-state index contributed by atoms with van der Waals surface area (Å²) in [5.74, 6) is 6.20. The Morgan fingerprint density at radius 1 is 1.25 bits per heavy atom. The fourth-order valence-electron chi connectivity index (χ4n) is 1.01. The molecule has 0 amide bonds. The van der Waals surface area contributed by atoms with Crippen molar-refractivity contribution in [2.75, 3.05) is 4.43 Å². The third-order valence-electron chi connectivity index (χ3n) is 1.73. The van der Waals surface area contributed by atoms with Crippen LogP contribution in [0.1, 0.15) is 11.1 Å². The fraction of sp³-hybridized carbons (Fsp3) is 0.273. The Bertz CT molecular complexity index is 304. The van der Waals surface area contributed by atoms with Gasteiger partial charge in [0, 0.05) is 6.42 Å². The first-order valence-corrected chi connectivity index (χ1v) is 5.43.